The van der Waals surface area contributed by atoms with Gasteiger partial charge in [-0.3, -0.25) is 0 Å². The zero-order valence-corrected chi connectivity index (χ0v) is 8.05. The zero-order valence-electron chi connectivity index (χ0n) is 7.23. The van der Waals surface area contributed by atoms with Crippen LogP contribution in [0.15, 0.2) is 0 Å². The fourth-order valence-electron chi connectivity index (χ4n) is 1.25. The monoisotopic (exact) mass is 193 g/mol. The van der Waals surface area contributed by atoms with Crippen LogP contribution in [0.1, 0.15) is 13.3 Å². The zero-order chi connectivity index (χ0) is 9.19. The molecule has 1 aliphatic heterocycles. The highest BCUT2D eigenvalue weighted by atomic mass is 32.2. The summed E-state index contributed by atoms with van der Waals surface area (Å²) in [4.78, 5) is 0. The van der Waals surface area contributed by atoms with Crippen molar-refractivity contribution in [2.24, 2.45) is 5.92 Å². The summed E-state index contributed by atoms with van der Waals surface area (Å²) in [6, 6.07) is 0. The SMILES string of the molecule is CCCS(=O)(=O)N1CC(CO)C1. The minimum absolute atomic E-state index is 0.0954. The number of aliphatic hydroxyl groups excluding tert-OH is 1. The molecule has 0 bridgehead atoms. The van der Waals surface area contributed by atoms with Crippen molar-refractivity contribution in [3.63, 3.8) is 0 Å². The summed E-state index contributed by atoms with van der Waals surface area (Å²) in [6.45, 7) is 2.94. The van der Waals surface area contributed by atoms with Crippen molar-refractivity contribution < 1.29 is 13.5 Å². The van der Waals surface area contributed by atoms with Gasteiger partial charge in [0.05, 0.1) is 5.75 Å². The van der Waals surface area contributed by atoms with E-state index in [1.54, 1.807) is 0 Å². The molecule has 0 unspecified atom stereocenters. The summed E-state index contributed by atoms with van der Waals surface area (Å²) >= 11 is 0. The molecule has 0 amide bonds. The number of hydrogen-bond acceptors (Lipinski definition) is 3. The lowest BCUT2D eigenvalue weighted by Crippen LogP contribution is -2.51. The van der Waals surface area contributed by atoms with Gasteiger partial charge < -0.3 is 5.11 Å². The maximum atomic E-state index is 11.3. The summed E-state index contributed by atoms with van der Waals surface area (Å²) in [5.41, 5.74) is 0. The first-order valence-electron chi connectivity index (χ1n) is 4.19. The van der Waals surface area contributed by atoms with Crippen molar-refractivity contribution in [2.45, 2.75) is 13.3 Å². The third-order valence-corrected chi connectivity index (χ3v) is 4.05. The topological polar surface area (TPSA) is 57.6 Å². The Kier molecular flexibility index (Phi) is 3.09. The Morgan fingerprint density at radius 1 is 1.50 bits per heavy atom. The van der Waals surface area contributed by atoms with Crippen molar-refractivity contribution in [2.75, 3.05) is 25.4 Å². The van der Waals surface area contributed by atoms with E-state index < -0.39 is 10.0 Å². The largest absolute Gasteiger partial charge is 0.396 e. The van der Waals surface area contributed by atoms with Crippen LogP contribution in [0.5, 0.6) is 0 Å². The maximum Gasteiger partial charge on any atom is 0.214 e. The van der Waals surface area contributed by atoms with Gasteiger partial charge in [0.2, 0.25) is 10.0 Å². The van der Waals surface area contributed by atoms with E-state index in [0.717, 1.165) is 0 Å². The van der Waals surface area contributed by atoms with Crippen molar-refractivity contribution in [1.29, 1.82) is 0 Å². The van der Waals surface area contributed by atoms with Gasteiger partial charge in [0.1, 0.15) is 0 Å². The third-order valence-electron chi connectivity index (χ3n) is 2.04. The molecule has 0 saturated carbocycles. The molecule has 0 aromatic heterocycles. The summed E-state index contributed by atoms with van der Waals surface area (Å²) in [5, 5.41) is 8.68. The minimum Gasteiger partial charge on any atom is -0.396 e. The molecule has 72 valence electrons. The van der Waals surface area contributed by atoms with E-state index in [0.29, 0.717) is 19.5 Å². The highest BCUT2D eigenvalue weighted by molar-refractivity contribution is 7.89. The average molecular weight is 193 g/mol. The summed E-state index contributed by atoms with van der Waals surface area (Å²) < 4.78 is 24.1. The van der Waals surface area contributed by atoms with Gasteiger partial charge in [0, 0.05) is 25.6 Å². The van der Waals surface area contributed by atoms with Crippen LogP contribution in [-0.2, 0) is 10.0 Å². The fourth-order valence-corrected chi connectivity index (χ4v) is 2.90. The summed E-state index contributed by atoms with van der Waals surface area (Å²) in [6.07, 6.45) is 0.655. The molecule has 4 nitrogen and oxygen atoms in total. The second kappa shape index (κ2) is 3.72. The van der Waals surface area contributed by atoms with Crippen LogP contribution in [0.25, 0.3) is 0 Å². The second-order valence-electron chi connectivity index (χ2n) is 3.18. The van der Waals surface area contributed by atoms with E-state index >= 15 is 0 Å². The average Bonchev–Trinajstić information content (AvgIpc) is 1.83. The van der Waals surface area contributed by atoms with Crippen LogP contribution in [-0.4, -0.2) is 43.3 Å². The Labute approximate surface area is 73.2 Å². The van der Waals surface area contributed by atoms with Crippen molar-refractivity contribution in [3.05, 3.63) is 0 Å². The maximum absolute atomic E-state index is 11.3. The van der Waals surface area contributed by atoms with E-state index in [2.05, 4.69) is 0 Å². The predicted octanol–water partition coefficient (Wildman–Crippen LogP) is -0.350. The number of nitrogens with zero attached hydrogens (tertiary/aromatic N) is 1. The lowest BCUT2D eigenvalue weighted by atomic mass is 10.1. The normalized spacial score (nSPS) is 20.8. The van der Waals surface area contributed by atoms with E-state index in [9.17, 15) is 8.42 Å². The Morgan fingerprint density at radius 3 is 2.50 bits per heavy atom. The third kappa shape index (κ3) is 1.97. The summed E-state index contributed by atoms with van der Waals surface area (Å²) in [7, 11) is -2.99. The number of aliphatic hydroxyl groups is 1. The lowest BCUT2D eigenvalue weighted by molar-refractivity contribution is 0.117. The van der Waals surface area contributed by atoms with Gasteiger partial charge in [-0.15, -0.1) is 0 Å². The first-order valence-corrected chi connectivity index (χ1v) is 5.79. The van der Waals surface area contributed by atoms with Crippen LogP contribution in [0.2, 0.25) is 0 Å². The molecular formula is C7H15NO3S. The van der Waals surface area contributed by atoms with Crippen molar-refractivity contribution in [3.8, 4) is 0 Å². The first kappa shape index (κ1) is 9.95. The predicted molar refractivity (Wildman–Crippen MR) is 46.2 cm³/mol. The van der Waals surface area contributed by atoms with Crippen LogP contribution < -0.4 is 0 Å². The van der Waals surface area contributed by atoms with E-state index in [1.807, 2.05) is 6.92 Å². The molecule has 1 heterocycles. The number of rotatable bonds is 4. The van der Waals surface area contributed by atoms with Crippen LogP contribution in [0, 0.1) is 5.92 Å². The number of hydrogen-bond donors (Lipinski definition) is 1. The molecular weight excluding hydrogens is 178 g/mol. The smallest absolute Gasteiger partial charge is 0.214 e. The molecule has 0 aromatic carbocycles. The molecule has 12 heavy (non-hydrogen) atoms. The Morgan fingerprint density at radius 2 is 2.08 bits per heavy atom. The molecule has 0 aliphatic carbocycles. The first-order chi connectivity index (χ1) is 5.60. The molecule has 1 fully saturated rings. The van der Waals surface area contributed by atoms with E-state index in [4.69, 9.17) is 5.11 Å². The molecule has 0 aromatic rings. The van der Waals surface area contributed by atoms with Gasteiger partial charge in [0.25, 0.3) is 0 Å². The molecule has 1 aliphatic rings. The van der Waals surface area contributed by atoms with Crippen LogP contribution >= 0.6 is 0 Å². The molecule has 0 radical (unpaired) electrons. The van der Waals surface area contributed by atoms with Crippen molar-refractivity contribution >= 4 is 10.0 Å². The van der Waals surface area contributed by atoms with Gasteiger partial charge in [-0.2, -0.15) is 0 Å². The lowest BCUT2D eigenvalue weighted by Gasteiger charge is -2.36. The fraction of sp³-hybridized carbons (Fsp3) is 1.00. The molecule has 1 saturated heterocycles. The quantitative estimate of drug-likeness (QED) is 0.664. The van der Waals surface area contributed by atoms with Gasteiger partial charge >= 0.3 is 0 Å². The Hall–Kier alpha value is -0.130. The highest BCUT2D eigenvalue weighted by Gasteiger charge is 2.34. The van der Waals surface area contributed by atoms with E-state index in [-0.39, 0.29) is 18.3 Å². The minimum atomic E-state index is -2.99. The second-order valence-corrected chi connectivity index (χ2v) is 5.27. The highest BCUT2D eigenvalue weighted by Crippen LogP contribution is 2.19. The molecule has 1 N–H and O–H groups in total. The Bertz CT molecular complexity index is 231. The van der Waals surface area contributed by atoms with Crippen molar-refractivity contribution in [1.82, 2.24) is 4.31 Å². The number of sulfonamides is 1. The van der Waals surface area contributed by atoms with Crippen LogP contribution in [0.4, 0.5) is 0 Å². The molecule has 0 spiro atoms. The standard InChI is InChI=1S/C7H15NO3S/c1-2-3-12(10,11)8-4-7(5-8)6-9/h7,9H,2-6H2,1H3. The van der Waals surface area contributed by atoms with Gasteiger partial charge in [-0.1, -0.05) is 6.92 Å². The van der Waals surface area contributed by atoms with Gasteiger partial charge in [-0.25, -0.2) is 12.7 Å². The molecule has 5 heteroatoms. The Balaban J connectivity index is 2.41. The van der Waals surface area contributed by atoms with Crippen LogP contribution in [0.3, 0.4) is 0 Å². The van der Waals surface area contributed by atoms with E-state index in [1.165, 1.54) is 4.31 Å². The molecule has 0 atom stereocenters. The van der Waals surface area contributed by atoms with Gasteiger partial charge in [-0.05, 0) is 6.42 Å². The van der Waals surface area contributed by atoms with Gasteiger partial charge in [0.15, 0.2) is 0 Å². The molecule has 1 rings (SSSR count). The summed E-state index contributed by atoms with van der Waals surface area (Å²) in [5.74, 6) is 0.391.